The van der Waals surface area contributed by atoms with E-state index in [4.69, 9.17) is 0 Å². The average molecular weight is 480 g/mol. The van der Waals surface area contributed by atoms with Crippen LogP contribution < -0.4 is 0 Å². The molecular formula is C24H20N2O9. The van der Waals surface area contributed by atoms with Crippen LogP contribution in [0.2, 0.25) is 0 Å². The van der Waals surface area contributed by atoms with Gasteiger partial charge in [-0.15, -0.1) is 0 Å². The Morgan fingerprint density at radius 3 is 1.20 bits per heavy atom. The van der Waals surface area contributed by atoms with E-state index in [1.165, 1.54) is 24.3 Å². The molecule has 0 aliphatic carbocycles. The molecule has 11 nitrogen and oxygen atoms in total. The Bertz CT molecular complexity index is 1090. The number of hydrogen-bond acceptors (Lipinski definition) is 9. The fourth-order valence-electron chi connectivity index (χ4n) is 3.86. The molecule has 2 heterocycles. The van der Waals surface area contributed by atoms with E-state index in [0.29, 0.717) is 0 Å². The second-order valence-electron chi connectivity index (χ2n) is 7.96. The van der Waals surface area contributed by atoms with Gasteiger partial charge in [0.2, 0.25) is 0 Å². The van der Waals surface area contributed by atoms with Crippen LogP contribution in [0.25, 0.3) is 0 Å². The van der Waals surface area contributed by atoms with E-state index in [1.54, 1.807) is 24.3 Å². The van der Waals surface area contributed by atoms with Crippen LogP contribution >= 0.6 is 0 Å². The molecule has 4 rings (SSSR count). The predicted octanol–water partition coefficient (Wildman–Crippen LogP) is 0.151. The van der Waals surface area contributed by atoms with Crippen LogP contribution in [-0.4, -0.2) is 80.9 Å². The molecule has 11 heteroatoms. The molecule has 0 radical (unpaired) electrons. The van der Waals surface area contributed by atoms with Gasteiger partial charge < -0.3 is 14.9 Å². The van der Waals surface area contributed by atoms with Gasteiger partial charge in [0.1, 0.15) is 0 Å². The summed E-state index contributed by atoms with van der Waals surface area (Å²) in [6.07, 6.45) is -4.45. The standard InChI is InChI=1S/C24H20N2O9/c27-17(9-11-25-19(29)13-5-1-2-6-14(13)20(25)30)23(33)35-24(34)18(28)10-12-26-21(31)15-7-3-4-8-16(15)22(26)32/h1-8,17-18,27-28H,9-12H2. The number of imide groups is 2. The molecule has 2 aromatic rings. The Morgan fingerprint density at radius 1 is 0.629 bits per heavy atom. The van der Waals surface area contributed by atoms with Gasteiger partial charge in [0.05, 0.1) is 22.3 Å². The highest BCUT2D eigenvalue weighted by Crippen LogP contribution is 2.24. The number of benzene rings is 2. The molecule has 2 aliphatic heterocycles. The molecule has 2 N–H and O–H groups in total. The molecule has 0 fully saturated rings. The number of aliphatic hydroxyl groups is 2. The van der Waals surface area contributed by atoms with Crippen LogP contribution in [-0.2, 0) is 14.3 Å². The van der Waals surface area contributed by atoms with Crippen LogP contribution in [0.5, 0.6) is 0 Å². The molecule has 35 heavy (non-hydrogen) atoms. The first-order chi connectivity index (χ1) is 16.7. The van der Waals surface area contributed by atoms with Gasteiger partial charge in [-0.25, -0.2) is 9.59 Å². The van der Waals surface area contributed by atoms with E-state index in [2.05, 4.69) is 4.74 Å². The van der Waals surface area contributed by atoms with E-state index in [0.717, 1.165) is 9.80 Å². The lowest BCUT2D eigenvalue weighted by Gasteiger charge is -2.17. The van der Waals surface area contributed by atoms with Crippen molar-refractivity contribution in [3.05, 3.63) is 70.8 Å². The SMILES string of the molecule is O=C(OC(=O)C(O)CCN1C(=O)c2ccccc2C1=O)C(O)CCN1C(=O)c2ccccc2C1=O. The number of rotatable bonds is 8. The summed E-state index contributed by atoms with van der Waals surface area (Å²) in [4.78, 5) is 75.1. The highest BCUT2D eigenvalue weighted by molar-refractivity contribution is 6.22. The molecule has 2 aromatic carbocycles. The number of hydrogen-bond donors (Lipinski definition) is 2. The number of carbonyl (C=O) groups excluding carboxylic acids is 6. The van der Waals surface area contributed by atoms with Gasteiger partial charge in [0.25, 0.3) is 23.6 Å². The monoisotopic (exact) mass is 480 g/mol. The van der Waals surface area contributed by atoms with Crippen LogP contribution in [0.3, 0.4) is 0 Å². The van der Waals surface area contributed by atoms with Gasteiger partial charge in [-0.3, -0.25) is 29.0 Å². The minimum atomic E-state index is -1.84. The lowest BCUT2D eigenvalue weighted by Crippen LogP contribution is -2.38. The first-order valence-electron chi connectivity index (χ1n) is 10.7. The van der Waals surface area contributed by atoms with E-state index >= 15 is 0 Å². The molecule has 2 atom stereocenters. The molecule has 0 spiro atoms. The van der Waals surface area contributed by atoms with Crippen molar-refractivity contribution in [3.63, 3.8) is 0 Å². The van der Waals surface area contributed by atoms with E-state index in [-0.39, 0.29) is 48.2 Å². The third-order valence-electron chi connectivity index (χ3n) is 5.75. The normalized spacial score (nSPS) is 16.3. The maximum Gasteiger partial charge on any atom is 0.342 e. The molecular weight excluding hydrogens is 460 g/mol. The molecule has 0 bridgehead atoms. The van der Waals surface area contributed by atoms with Crippen molar-refractivity contribution in [1.29, 1.82) is 0 Å². The largest absolute Gasteiger partial charge is 0.389 e. The lowest BCUT2D eigenvalue weighted by atomic mass is 10.1. The van der Waals surface area contributed by atoms with Gasteiger partial charge >= 0.3 is 11.9 Å². The van der Waals surface area contributed by atoms with Gasteiger partial charge in [-0.05, 0) is 24.3 Å². The number of carbonyl (C=O) groups is 6. The van der Waals surface area contributed by atoms with Crippen molar-refractivity contribution in [1.82, 2.24) is 9.80 Å². The van der Waals surface area contributed by atoms with Gasteiger partial charge in [0.15, 0.2) is 12.2 Å². The number of ether oxygens (including phenoxy) is 1. The molecule has 0 saturated carbocycles. The fourth-order valence-corrected chi connectivity index (χ4v) is 3.86. The third-order valence-corrected chi connectivity index (χ3v) is 5.75. The number of fused-ring (bicyclic) bond motifs is 2. The third kappa shape index (κ3) is 4.46. The summed E-state index contributed by atoms with van der Waals surface area (Å²) >= 11 is 0. The summed E-state index contributed by atoms with van der Waals surface area (Å²) in [5.74, 6) is -4.99. The van der Waals surface area contributed by atoms with E-state index in [9.17, 15) is 39.0 Å². The van der Waals surface area contributed by atoms with Crippen molar-refractivity contribution in [2.45, 2.75) is 25.0 Å². The summed E-state index contributed by atoms with van der Waals surface area (Å²) in [7, 11) is 0. The van der Waals surface area contributed by atoms with Crippen molar-refractivity contribution >= 4 is 35.6 Å². The summed E-state index contributed by atoms with van der Waals surface area (Å²) in [6, 6.07) is 12.4. The first-order valence-corrected chi connectivity index (χ1v) is 10.7. The number of esters is 2. The number of nitrogens with zero attached hydrogens (tertiary/aromatic N) is 2. The first kappa shape index (κ1) is 23.9. The fraction of sp³-hybridized carbons (Fsp3) is 0.250. The Balaban J connectivity index is 1.25. The lowest BCUT2D eigenvalue weighted by molar-refractivity contribution is -0.171. The molecule has 0 saturated heterocycles. The van der Waals surface area contributed by atoms with E-state index in [1.807, 2.05) is 0 Å². The molecule has 2 aliphatic rings. The molecule has 4 amide bonds. The van der Waals surface area contributed by atoms with Crippen LogP contribution in [0.15, 0.2) is 48.5 Å². The summed E-state index contributed by atoms with van der Waals surface area (Å²) in [5.41, 5.74) is 0.855. The van der Waals surface area contributed by atoms with Crippen molar-refractivity contribution in [2.75, 3.05) is 13.1 Å². The number of amides is 4. The second kappa shape index (κ2) is 9.57. The van der Waals surface area contributed by atoms with Gasteiger partial charge in [0, 0.05) is 25.9 Å². The Hall–Kier alpha value is -4.22. The molecule has 180 valence electrons. The van der Waals surface area contributed by atoms with Crippen LogP contribution in [0, 0.1) is 0 Å². The van der Waals surface area contributed by atoms with Crippen molar-refractivity contribution in [2.24, 2.45) is 0 Å². The number of aliphatic hydroxyl groups excluding tert-OH is 2. The smallest absolute Gasteiger partial charge is 0.342 e. The minimum Gasteiger partial charge on any atom is -0.389 e. The maximum absolute atomic E-state index is 12.3. The quantitative estimate of drug-likeness (QED) is 0.305. The highest BCUT2D eigenvalue weighted by Gasteiger charge is 2.37. The zero-order valence-corrected chi connectivity index (χ0v) is 18.2. The molecule has 0 aromatic heterocycles. The van der Waals surface area contributed by atoms with Crippen molar-refractivity contribution < 1.29 is 43.7 Å². The zero-order valence-electron chi connectivity index (χ0n) is 18.2. The second-order valence-corrected chi connectivity index (χ2v) is 7.96. The minimum absolute atomic E-state index is 0.214. The Labute approximate surface area is 198 Å². The van der Waals surface area contributed by atoms with Gasteiger partial charge in [-0.1, -0.05) is 24.3 Å². The van der Waals surface area contributed by atoms with E-state index < -0.39 is 47.8 Å². The maximum atomic E-state index is 12.3. The van der Waals surface area contributed by atoms with Gasteiger partial charge in [-0.2, -0.15) is 0 Å². The molecule has 2 unspecified atom stereocenters. The summed E-state index contributed by atoms with van der Waals surface area (Å²) in [5, 5.41) is 20.0. The topological polar surface area (TPSA) is 159 Å². The average Bonchev–Trinajstić information content (AvgIpc) is 3.25. The predicted molar refractivity (Wildman–Crippen MR) is 116 cm³/mol. The van der Waals surface area contributed by atoms with Crippen molar-refractivity contribution in [3.8, 4) is 0 Å². The van der Waals surface area contributed by atoms with Crippen LogP contribution in [0.4, 0.5) is 0 Å². The summed E-state index contributed by atoms with van der Waals surface area (Å²) in [6.45, 7) is -0.585. The Kier molecular flexibility index (Phi) is 6.54. The zero-order chi connectivity index (χ0) is 25.3. The Morgan fingerprint density at radius 2 is 0.914 bits per heavy atom. The summed E-state index contributed by atoms with van der Waals surface area (Å²) < 4.78 is 4.48. The van der Waals surface area contributed by atoms with Crippen LogP contribution in [0.1, 0.15) is 54.3 Å². The highest BCUT2D eigenvalue weighted by atomic mass is 16.6.